The summed E-state index contributed by atoms with van der Waals surface area (Å²) < 4.78 is 5.18. The molecule has 0 atom stereocenters. The average Bonchev–Trinajstić information content (AvgIpc) is 2.56. The minimum absolute atomic E-state index is 0. The summed E-state index contributed by atoms with van der Waals surface area (Å²) in [6, 6.07) is 8.30. The van der Waals surface area contributed by atoms with Gasteiger partial charge < -0.3 is 15.0 Å². The summed E-state index contributed by atoms with van der Waals surface area (Å²) in [4.78, 5) is 2.63. The molecule has 0 fully saturated rings. The monoisotopic (exact) mass is 378 g/mol. The number of nitrogens with one attached hydrogen (secondary N) is 1. The lowest BCUT2D eigenvalue weighted by Crippen LogP contribution is -2.29. The molecule has 1 N–H and O–H groups in total. The lowest BCUT2D eigenvalue weighted by Gasteiger charge is -2.21. The summed E-state index contributed by atoms with van der Waals surface area (Å²) in [6.07, 6.45) is 6.45. The third kappa shape index (κ3) is 12.0. The highest BCUT2D eigenvalue weighted by atomic mass is 35.5. The SMILES string of the molecule is CCCCN(CCCC)CCCNCc1ccc(OC)cc1.Cl.Cl. The molecule has 142 valence electrons. The summed E-state index contributed by atoms with van der Waals surface area (Å²) in [6.45, 7) is 10.3. The largest absolute Gasteiger partial charge is 0.497 e. The molecule has 0 spiro atoms. The first-order valence-corrected chi connectivity index (χ1v) is 8.86. The van der Waals surface area contributed by atoms with Gasteiger partial charge in [0.05, 0.1) is 7.11 Å². The van der Waals surface area contributed by atoms with Crippen LogP contribution in [-0.4, -0.2) is 38.2 Å². The molecule has 0 saturated carbocycles. The first-order valence-electron chi connectivity index (χ1n) is 8.86. The molecule has 3 nitrogen and oxygen atoms in total. The second kappa shape index (κ2) is 17.3. The van der Waals surface area contributed by atoms with Gasteiger partial charge in [-0.25, -0.2) is 0 Å². The van der Waals surface area contributed by atoms with Crippen molar-refractivity contribution < 1.29 is 4.74 Å². The average molecular weight is 379 g/mol. The summed E-state index contributed by atoms with van der Waals surface area (Å²) in [7, 11) is 1.70. The van der Waals surface area contributed by atoms with Crippen LogP contribution in [0.1, 0.15) is 51.5 Å². The maximum absolute atomic E-state index is 5.18. The second-order valence-corrected chi connectivity index (χ2v) is 5.93. The molecule has 0 unspecified atom stereocenters. The van der Waals surface area contributed by atoms with Gasteiger partial charge in [-0.3, -0.25) is 0 Å². The third-order valence-corrected chi connectivity index (χ3v) is 3.97. The van der Waals surface area contributed by atoms with E-state index in [9.17, 15) is 0 Å². The van der Waals surface area contributed by atoms with Crippen molar-refractivity contribution in [2.24, 2.45) is 0 Å². The first-order chi connectivity index (χ1) is 10.8. The number of methoxy groups -OCH3 is 1. The van der Waals surface area contributed by atoms with E-state index in [0.29, 0.717) is 0 Å². The molecule has 0 heterocycles. The van der Waals surface area contributed by atoms with E-state index in [-0.39, 0.29) is 24.8 Å². The number of rotatable bonds is 13. The Hall–Kier alpha value is -0.480. The van der Waals surface area contributed by atoms with Gasteiger partial charge in [-0.1, -0.05) is 38.8 Å². The summed E-state index contributed by atoms with van der Waals surface area (Å²) in [5, 5.41) is 3.54. The summed E-state index contributed by atoms with van der Waals surface area (Å²) >= 11 is 0. The van der Waals surface area contributed by atoms with Crippen molar-refractivity contribution in [1.29, 1.82) is 0 Å². The van der Waals surface area contributed by atoms with E-state index in [2.05, 4.69) is 36.2 Å². The minimum Gasteiger partial charge on any atom is -0.497 e. The number of unbranched alkanes of at least 4 members (excludes halogenated alkanes) is 2. The van der Waals surface area contributed by atoms with Crippen LogP contribution in [0.4, 0.5) is 0 Å². The molecule has 0 saturated heterocycles. The van der Waals surface area contributed by atoms with Gasteiger partial charge in [0.1, 0.15) is 5.75 Å². The van der Waals surface area contributed by atoms with E-state index < -0.39 is 0 Å². The first kappa shape index (κ1) is 25.8. The van der Waals surface area contributed by atoms with Crippen molar-refractivity contribution in [2.75, 3.05) is 33.3 Å². The molecule has 0 radical (unpaired) electrons. The number of halogens is 2. The van der Waals surface area contributed by atoms with Crippen molar-refractivity contribution >= 4 is 24.8 Å². The maximum Gasteiger partial charge on any atom is 0.118 e. The molecule has 0 bridgehead atoms. The highest BCUT2D eigenvalue weighted by Crippen LogP contribution is 2.10. The highest BCUT2D eigenvalue weighted by molar-refractivity contribution is 5.85. The van der Waals surface area contributed by atoms with E-state index in [1.54, 1.807) is 7.11 Å². The molecule has 1 rings (SSSR count). The van der Waals surface area contributed by atoms with Crippen LogP contribution in [0.2, 0.25) is 0 Å². The van der Waals surface area contributed by atoms with Crippen LogP contribution in [0.15, 0.2) is 24.3 Å². The van der Waals surface area contributed by atoms with Gasteiger partial charge in [-0.15, -0.1) is 24.8 Å². The smallest absolute Gasteiger partial charge is 0.118 e. The van der Waals surface area contributed by atoms with Crippen molar-refractivity contribution in [1.82, 2.24) is 10.2 Å². The van der Waals surface area contributed by atoms with E-state index >= 15 is 0 Å². The topological polar surface area (TPSA) is 24.5 Å². The summed E-state index contributed by atoms with van der Waals surface area (Å²) in [5.74, 6) is 0.922. The minimum atomic E-state index is 0. The van der Waals surface area contributed by atoms with Crippen molar-refractivity contribution in [3.63, 3.8) is 0 Å². The third-order valence-electron chi connectivity index (χ3n) is 3.97. The van der Waals surface area contributed by atoms with E-state index in [0.717, 1.165) is 18.8 Å². The van der Waals surface area contributed by atoms with Gasteiger partial charge in [-0.2, -0.15) is 0 Å². The molecule has 0 aliphatic rings. The number of nitrogens with zero attached hydrogens (tertiary/aromatic N) is 1. The number of hydrogen-bond donors (Lipinski definition) is 1. The lowest BCUT2D eigenvalue weighted by atomic mass is 10.2. The molecule has 0 aliphatic carbocycles. The quantitative estimate of drug-likeness (QED) is 0.492. The van der Waals surface area contributed by atoms with Crippen LogP contribution in [0.5, 0.6) is 5.75 Å². The fraction of sp³-hybridized carbons (Fsp3) is 0.684. The molecular weight excluding hydrogens is 343 g/mol. The zero-order chi connectivity index (χ0) is 16.0. The molecule has 0 aliphatic heterocycles. The van der Waals surface area contributed by atoms with Crippen molar-refractivity contribution in [2.45, 2.75) is 52.5 Å². The van der Waals surface area contributed by atoms with E-state index in [1.165, 1.54) is 57.3 Å². The van der Waals surface area contributed by atoms with Gasteiger partial charge in [0.15, 0.2) is 0 Å². The Morgan fingerprint density at radius 1 is 0.875 bits per heavy atom. The van der Waals surface area contributed by atoms with Crippen LogP contribution in [0, 0.1) is 0 Å². The lowest BCUT2D eigenvalue weighted by molar-refractivity contribution is 0.261. The molecule has 0 amide bonds. The molecule has 0 aromatic heterocycles. The van der Waals surface area contributed by atoms with Gasteiger partial charge >= 0.3 is 0 Å². The molecule has 24 heavy (non-hydrogen) atoms. The Morgan fingerprint density at radius 2 is 1.42 bits per heavy atom. The van der Waals surface area contributed by atoms with Crippen LogP contribution in [0.25, 0.3) is 0 Å². The van der Waals surface area contributed by atoms with E-state index in [4.69, 9.17) is 4.74 Å². The van der Waals surface area contributed by atoms with Crippen LogP contribution < -0.4 is 10.1 Å². The Bertz CT molecular complexity index is 366. The predicted octanol–water partition coefficient (Wildman–Crippen LogP) is 4.92. The number of ether oxygens (including phenoxy) is 1. The van der Waals surface area contributed by atoms with Gasteiger partial charge in [-0.05, 0) is 63.1 Å². The Labute approximate surface area is 161 Å². The second-order valence-electron chi connectivity index (χ2n) is 5.93. The zero-order valence-corrected chi connectivity index (χ0v) is 17.2. The van der Waals surface area contributed by atoms with Crippen LogP contribution in [0.3, 0.4) is 0 Å². The molecule has 1 aromatic rings. The summed E-state index contributed by atoms with van der Waals surface area (Å²) in [5.41, 5.74) is 1.31. The number of hydrogen-bond acceptors (Lipinski definition) is 3. The Morgan fingerprint density at radius 3 is 1.92 bits per heavy atom. The van der Waals surface area contributed by atoms with Crippen LogP contribution >= 0.6 is 24.8 Å². The van der Waals surface area contributed by atoms with Gasteiger partial charge in [0.25, 0.3) is 0 Å². The van der Waals surface area contributed by atoms with E-state index in [1.807, 2.05) is 12.1 Å². The van der Waals surface area contributed by atoms with Crippen LogP contribution in [-0.2, 0) is 6.54 Å². The fourth-order valence-corrected chi connectivity index (χ4v) is 2.50. The predicted molar refractivity (Wildman–Crippen MR) is 110 cm³/mol. The standard InChI is InChI=1S/C19H34N2O.2ClH/c1-4-6-14-21(15-7-5-2)16-8-13-20-17-18-9-11-19(22-3)12-10-18;;/h9-12,20H,4-8,13-17H2,1-3H3;2*1H. The maximum atomic E-state index is 5.18. The Kier molecular flexibility index (Phi) is 18.6. The van der Waals surface area contributed by atoms with Crippen molar-refractivity contribution in [3.8, 4) is 5.75 Å². The molecular formula is C19H36Cl2N2O. The molecule has 5 heteroatoms. The fourth-order valence-electron chi connectivity index (χ4n) is 2.50. The van der Waals surface area contributed by atoms with Gasteiger partial charge in [0, 0.05) is 6.54 Å². The van der Waals surface area contributed by atoms with Crippen molar-refractivity contribution in [3.05, 3.63) is 29.8 Å². The molecule has 1 aromatic carbocycles. The Balaban J connectivity index is 0. The number of benzene rings is 1. The highest BCUT2D eigenvalue weighted by Gasteiger charge is 2.03. The normalized spacial score (nSPS) is 10.2. The van der Waals surface area contributed by atoms with Gasteiger partial charge in [0.2, 0.25) is 0 Å². The zero-order valence-electron chi connectivity index (χ0n) is 15.6.